The Bertz CT molecular complexity index is 960. The van der Waals surface area contributed by atoms with Crippen LogP contribution in [0.5, 0.6) is 0 Å². The van der Waals surface area contributed by atoms with Crippen LogP contribution in [-0.2, 0) is 21.2 Å². The molecule has 1 aliphatic heterocycles. The first-order chi connectivity index (χ1) is 13.8. The van der Waals surface area contributed by atoms with Crippen LogP contribution in [0.3, 0.4) is 0 Å². The highest BCUT2D eigenvalue weighted by molar-refractivity contribution is 7.91. The summed E-state index contributed by atoms with van der Waals surface area (Å²) in [7, 11) is -4.60. The van der Waals surface area contributed by atoms with Crippen molar-refractivity contribution in [1.29, 1.82) is 0 Å². The van der Waals surface area contributed by atoms with Gasteiger partial charge in [-0.2, -0.15) is 8.78 Å². The van der Waals surface area contributed by atoms with Gasteiger partial charge >= 0.3 is 5.76 Å². The van der Waals surface area contributed by atoms with E-state index in [0.717, 1.165) is 23.5 Å². The summed E-state index contributed by atoms with van der Waals surface area (Å²) in [5.74, 6) is -3.03. The van der Waals surface area contributed by atoms with Crippen molar-refractivity contribution >= 4 is 27.2 Å². The van der Waals surface area contributed by atoms with Crippen molar-refractivity contribution in [2.45, 2.75) is 30.0 Å². The highest BCUT2D eigenvalue weighted by Gasteiger charge is 2.26. The van der Waals surface area contributed by atoms with E-state index in [9.17, 15) is 22.0 Å². The molecule has 1 aromatic carbocycles. The van der Waals surface area contributed by atoms with Gasteiger partial charge in [-0.05, 0) is 43.2 Å². The van der Waals surface area contributed by atoms with Gasteiger partial charge in [0.05, 0.1) is 4.90 Å². The highest BCUT2D eigenvalue weighted by atomic mass is 32.2. The number of nitrogens with two attached hydrogens (primary N) is 1. The van der Waals surface area contributed by atoms with Crippen LogP contribution < -0.4 is 16.0 Å². The third kappa shape index (κ3) is 4.81. The molecule has 2 aromatic rings. The second-order valence-electron chi connectivity index (χ2n) is 6.83. The average molecular weight is 424 g/mol. The molecule has 3 rings (SSSR count). The average Bonchev–Trinajstić information content (AvgIpc) is 2.72. The largest absolute Gasteiger partial charge is 0.381 e. The van der Waals surface area contributed by atoms with Crippen molar-refractivity contribution in [3.63, 3.8) is 0 Å². The molecule has 1 aromatic heterocycles. The van der Waals surface area contributed by atoms with Gasteiger partial charge < -0.3 is 16.0 Å². The molecule has 7 nitrogen and oxygen atoms in total. The number of anilines is 2. The highest BCUT2D eigenvalue weighted by Crippen LogP contribution is 2.26. The fraction of sp³-hybridized carbons (Fsp3) is 0.368. The van der Waals surface area contributed by atoms with Gasteiger partial charge in [0.1, 0.15) is 5.82 Å². The third-order valence-electron chi connectivity index (χ3n) is 4.96. The topological polar surface area (TPSA) is 105 Å². The number of halogens is 2. The van der Waals surface area contributed by atoms with Gasteiger partial charge in [-0.25, -0.2) is 13.4 Å². The van der Waals surface area contributed by atoms with Gasteiger partial charge in [-0.3, -0.25) is 4.79 Å². The molecule has 0 atom stereocenters. The van der Waals surface area contributed by atoms with Crippen molar-refractivity contribution in [1.82, 2.24) is 4.98 Å². The summed E-state index contributed by atoms with van der Waals surface area (Å²) in [6, 6.07) is 8.94. The second kappa shape index (κ2) is 8.73. The molecule has 0 bridgehead atoms. The zero-order valence-electron chi connectivity index (χ0n) is 15.6. The SMILES string of the molecule is NC(=O)C1CCN(c2ncccc2CNc2ccc(S(=O)(=O)C(F)F)cc2)CC1. The smallest absolute Gasteiger partial charge is 0.341 e. The van der Waals surface area contributed by atoms with Crippen LogP contribution in [0.1, 0.15) is 18.4 Å². The lowest BCUT2D eigenvalue weighted by Crippen LogP contribution is -2.39. The number of nitrogens with zero attached hydrogens (tertiary/aromatic N) is 2. The lowest BCUT2D eigenvalue weighted by Gasteiger charge is -2.32. The summed E-state index contributed by atoms with van der Waals surface area (Å²) in [6.45, 7) is 1.77. The number of primary amides is 1. The number of hydrogen-bond acceptors (Lipinski definition) is 6. The van der Waals surface area contributed by atoms with Gasteiger partial charge in [0, 0.05) is 43.0 Å². The normalized spacial score (nSPS) is 15.5. The van der Waals surface area contributed by atoms with E-state index in [-0.39, 0.29) is 11.8 Å². The number of rotatable bonds is 7. The van der Waals surface area contributed by atoms with Gasteiger partial charge in [0.25, 0.3) is 0 Å². The molecule has 0 aliphatic carbocycles. The first kappa shape index (κ1) is 21.0. The monoisotopic (exact) mass is 424 g/mol. The number of sulfone groups is 1. The van der Waals surface area contributed by atoms with Crippen molar-refractivity contribution < 1.29 is 22.0 Å². The molecule has 1 saturated heterocycles. The van der Waals surface area contributed by atoms with Crippen LogP contribution in [0, 0.1) is 5.92 Å². The number of hydrogen-bond donors (Lipinski definition) is 2. The van der Waals surface area contributed by atoms with E-state index in [1.807, 2.05) is 12.1 Å². The standard InChI is InChI=1S/C19H22F2N4O3S/c20-19(21)29(27,28)16-5-3-15(4-6-16)24-12-14-2-1-9-23-18(14)25-10-7-13(8-11-25)17(22)26/h1-6,9,13,19,24H,7-8,10-12H2,(H2,22,26). The minimum Gasteiger partial charge on any atom is -0.381 e. The van der Waals surface area contributed by atoms with Crippen molar-refractivity contribution in [2.24, 2.45) is 11.7 Å². The summed E-state index contributed by atoms with van der Waals surface area (Å²) in [5, 5.41) is 3.15. The van der Waals surface area contributed by atoms with Gasteiger partial charge in [0.15, 0.2) is 0 Å². The molecule has 10 heteroatoms. The fourth-order valence-corrected chi connectivity index (χ4v) is 4.01. The summed E-state index contributed by atoms with van der Waals surface area (Å²) >= 11 is 0. The number of nitrogens with one attached hydrogen (secondary N) is 1. The molecule has 1 amide bonds. The second-order valence-corrected chi connectivity index (χ2v) is 8.75. The molecular weight excluding hydrogens is 402 g/mol. The molecule has 0 radical (unpaired) electrons. The summed E-state index contributed by atoms with van der Waals surface area (Å²) in [4.78, 5) is 17.5. The number of benzene rings is 1. The predicted octanol–water partition coefficient (Wildman–Crippen LogP) is 2.39. The quantitative estimate of drug-likeness (QED) is 0.707. The van der Waals surface area contributed by atoms with Gasteiger partial charge in [0.2, 0.25) is 15.7 Å². The van der Waals surface area contributed by atoms with Crippen LogP contribution in [0.4, 0.5) is 20.3 Å². The zero-order valence-corrected chi connectivity index (χ0v) is 16.4. The van der Waals surface area contributed by atoms with Crippen LogP contribution in [0.2, 0.25) is 0 Å². The Morgan fingerprint density at radius 3 is 2.45 bits per heavy atom. The lowest BCUT2D eigenvalue weighted by atomic mass is 9.96. The van der Waals surface area contributed by atoms with Gasteiger partial charge in [-0.1, -0.05) is 6.07 Å². The summed E-state index contributed by atoms with van der Waals surface area (Å²) in [5.41, 5.74) is 6.91. The fourth-order valence-electron chi connectivity index (χ4n) is 3.29. The number of carbonyl (C=O) groups is 1. The molecule has 3 N–H and O–H groups in total. The molecule has 0 spiro atoms. The number of alkyl halides is 2. The van der Waals surface area contributed by atoms with E-state index in [0.29, 0.717) is 38.2 Å². The van der Waals surface area contributed by atoms with Crippen LogP contribution in [0.15, 0.2) is 47.5 Å². The third-order valence-corrected chi connectivity index (χ3v) is 6.36. The first-order valence-electron chi connectivity index (χ1n) is 9.13. The molecule has 0 saturated carbocycles. The Morgan fingerprint density at radius 1 is 1.21 bits per heavy atom. The maximum absolute atomic E-state index is 12.6. The number of pyridine rings is 1. The Morgan fingerprint density at radius 2 is 1.86 bits per heavy atom. The number of carbonyl (C=O) groups excluding carboxylic acids is 1. The minimum atomic E-state index is -4.60. The summed E-state index contributed by atoms with van der Waals surface area (Å²) in [6.07, 6.45) is 3.06. The molecule has 2 heterocycles. The maximum atomic E-state index is 12.6. The van der Waals surface area contributed by atoms with E-state index >= 15 is 0 Å². The summed E-state index contributed by atoms with van der Waals surface area (Å²) < 4.78 is 48.2. The van der Waals surface area contributed by atoms with E-state index in [1.165, 1.54) is 12.1 Å². The van der Waals surface area contributed by atoms with Crippen molar-refractivity contribution in [3.05, 3.63) is 48.2 Å². The van der Waals surface area contributed by atoms with Crippen LogP contribution in [0.25, 0.3) is 0 Å². The Labute approximate surface area is 167 Å². The number of aromatic nitrogens is 1. The predicted molar refractivity (Wildman–Crippen MR) is 105 cm³/mol. The first-order valence-corrected chi connectivity index (χ1v) is 10.7. The van der Waals surface area contributed by atoms with Crippen molar-refractivity contribution in [2.75, 3.05) is 23.3 Å². The van der Waals surface area contributed by atoms with E-state index in [4.69, 9.17) is 5.73 Å². The maximum Gasteiger partial charge on any atom is 0.341 e. The van der Waals surface area contributed by atoms with Crippen LogP contribution in [-0.4, -0.2) is 38.2 Å². The van der Waals surface area contributed by atoms with E-state index in [2.05, 4.69) is 15.2 Å². The Kier molecular flexibility index (Phi) is 6.31. The molecule has 1 fully saturated rings. The number of amides is 1. The van der Waals surface area contributed by atoms with Crippen LogP contribution >= 0.6 is 0 Å². The molecule has 0 unspecified atom stereocenters. The molecule has 156 valence electrons. The van der Waals surface area contributed by atoms with Crippen molar-refractivity contribution in [3.8, 4) is 0 Å². The number of piperidine rings is 1. The van der Waals surface area contributed by atoms with E-state index < -0.39 is 20.5 Å². The Balaban J connectivity index is 1.67. The molecular formula is C19H22F2N4O3S. The molecule has 29 heavy (non-hydrogen) atoms. The lowest BCUT2D eigenvalue weighted by molar-refractivity contribution is -0.122. The minimum absolute atomic E-state index is 0.112. The molecule has 1 aliphatic rings. The van der Waals surface area contributed by atoms with Gasteiger partial charge in [-0.15, -0.1) is 0 Å². The van der Waals surface area contributed by atoms with E-state index in [1.54, 1.807) is 6.20 Å². The Hall–Kier alpha value is -2.75. The zero-order chi connectivity index (χ0) is 21.0.